The molecule has 1 aromatic carbocycles. The summed E-state index contributed by atoms with van der Waals surface area (Å²) >= 11 is 11.7. The van der Waals surface area contributed by atoms with Crippen LogP contribution >= 0.6 is 23.2 Å². The molecule has 2 nitrogen and oxygen atoms in total. The van der Waals surface area contributed by atoms with Crippen molar-refractivity contribution in [3.05, 3.63) is 33.8 Å². The van der Waals surface area contributed by atoms with Crippen LogP contribution in [0.2, 0.25) is 10.0 Å². The number of Topliss-reactive ketones (excluding diaryl/α,β-unsaturated/α-hetero) is 1. The Morgan fingerprint density at radius 3 is 2.80 bits per heavy atom. The van der Waals surface area contributed by atoms with Gasteiger partial charge in [-0.25, -0.2) is 0 Å². The van der Waals surface area contributed by atoms with Crippen molar-refractivity contribution >= 4 is 29.0 Å². The average molecular weight is 246 g/mol. The Labute approximate surface area is 99.6 Å². The fraction of sp³-hybridized carbons (Fsp3) is 0.364. The smallest absolute Gasteiger partial charge is 0.178 e. The first-order valence-electron chi connectivity index (χ1n) is 4.84. The molecule has 0 heterocycles. The summed E-state index contributed by atoms with van der Waals surface area (Å²) in [5.74, 6) is -0.0315. The zero-order valence-electron chi connectivity index (χ0n) is 8.52. The van der Waals surface area contributed by atoms with Crippen molar-refractivity contribution in [1.29, 1.82) is 0 Å². The SMILES string of the molecule is CCCNCC(=O)c1cc(Cl)ccc1Cl. The second-order valence-corrected chi connectivity index (χ2v) is 4.07. The highest BCUT2D eigenvalue weighted by molar-refractivity contribution is 6.36. The van der Waals surface area contributed by atoms with E-state index >= 15 is 0 Å². The van der Waals surface area contributed by atoms with Gasteiger partial charge in [0.1, 0.15) is 0 Å². The minimum absolute atomic E-state index is 0.0315. The Balaban J connectivity index is 2.68. The third-order valence-electron chi connectivity index (χ3n) is 1.94. The van der Waals surface area contributed by atoms with Gasteiger partial charge in [-0.2, -0.15) is 0 Å². The van der Waals surface area contributed by atoms with Crippen molar-refractivity contribution in [3.8, 4) is 0 Å². The summed E-state index contributed by atoms with van der Waals surface area (Å²) in [6.07, 6.45) is 0.997. The fourth-order valence-electron chi connectivity index (χ4n) is 1.19. The van der Waals surface area contributed by atoms with E-state index in [2.05, 4.69) is 5.32 Å². The van der Waals surface area contributed by atoms with Gasteiger partial charge in [0, 0.05) is 10.6 Å². The molecule has 0 saturated carbocycles. The first-order chi connectivity index (χ1) is 7.15. The minimum atomic E-state index is -0.0315. The topological polar surface area (TPSA) is 29.1 Å². The lowest BCUT2D eigenvalue weighted by atomic mass is 10.1. The number of ketones is 1. The van der Waals surface area contributed by atoms with Crippen LogP contribution in [0.1, 0.15) is 23.7 Å². The van der Waals surface area contributed by atoms with Crippen molar-refractivity contribution in [2.24, 2.45) is 0 Å². The zero-order valence-corrected chi connectivity index (χ0v) is 10.0. The van der Waals surface area contributed by atoms with Gasteiger partial charge in [-0.3, -0.25) is 4.79 Å². The van der Waals surface area contributed by atoms with Crippen LogP contribution in [-0.2, 0) is 0 Å². The Bertz CT molecular complexity index is 352. The van der Waals surface area contributed by atoms with Crippen LogP contribution in [0.15, 0.2) is 18.2 Å². The van der Waals surface area contributed by atoms with Crippen molar-refractivity contribution in [2.45, 2.75) is 13.3 Å². The first kappa shape index (κ1) is 12.5. The lowest BCUT2D eigenvalue weighted by Gasteiger charge is -2.05. The molecule has 0 unspecified atom stereocenters. The van der Waals surface area contributed by atoms with Crippen molar-refractivity contribution < 1.29 is 4.79 Å². The Hall–Kier alpha value is -0.570. The number of carbonyl (C=O) groups is 1. The molecule has 0 aliphatic heterocycles. The highest BCUT2D eigenvalue weighted by Crippen LogP contribution is 2.20. The predicted molar refractivity (Wildman–Crippen MR) is 64.0 cm³/mol. The van der Waals surface area contributed by atoms with Crippen LogP contribution in [0.3, 0.4) is 0 Å². The minimum Gasteiger partial charge on any atom is -0.310 e. The number of nitrogens with one attached hydrogen (secondary N) is 1. The van der Waals surface area contributed by atoms with Crippen LogP contribution in [0, 0.1) is 0 Å². The molecule has 0 aliphatic carbocycles. The normalized spacial score (nSPS) is 10.3. The Morgan fingerprint density at radius 2 is 2.13 bits per heavy atom. The quantitative estimate of drug-likeness (QED) is 0.638. The summed E-state index contributed by atoms with van der Waals surface area (Å²) in [4.78, 5) is 11.7. The summed E-state index contributed by atoms with van der Waals surface area (Å²) in [5, 5.41) is 4.00. The van der Waals surface area contributed by atoms with E-state index < -0.39 is 0 Å². The fourth-order valence-corrected chi connectivity index (χ4v) is 1.58. The van der Waals surface area contributed by atoms with Crippen molar-refractivity contribution in [3.63, 3.8) is 0 Å². The van der Waals surface area contributed by atoms with Gasteiger partial charge in [0.2, 0.25) is 0 Å². The molecule has 4 heteroatoms. The number of benzene rings is 1. The standard InChI is InChI=1S/C11H13Cl2NO/c1-2-5-14-7-11(15)9-6-8(12)3-4-10(9)13/h3-4,6,14H,2,5,7H2,1H3. The van der Waals surface area contributed by atoms with Crippen molar-refractivity contribution in [2.75, 3.05) is 13.1 Å². The van der Waals surface area contributed by atoms with E-state index in [0.29, 0.717) is 22.2 Å². The molecule has 15 heavy (non-hydrogen) atoms. The molecule has 0 radical (unpaired) electrons. The van der Waals surface area contributed by atoms with Gasteiger partial charge in [-0.05, 0) is 31.2 Å². The first-order valence-corrected chi connectivity index (χ1v) is 5.59. The molecule has 1 rings (SSSR count). The van der Waals surface area contributed by atoms with Gasteiger partial charge < -0.3 is 5.32 Å². The van der Waals surface area contributed by atoms with Crippen LogP contribution in [0.4, 0.5) is 0 Å². The Morgan fingerprint density at radius 1 is 1.40 bits per heavy atom. The molecular weight excluding hydrogens is 233 g/mol. The van der Waals surface area contributed by atoms with E-state index in [1.165, 1.54) is 0 Å². The molecule has 0 aromatic heterocycles. The largest absolute Gasteiger partial charge is 0.310 e. The van der Waals surface area contributed by atoms with Crippen LogP contribution in [0.5, 0.6) is 0 Å². The van der Waals surface area contributed by atoms with Gasteiger partial charge in [-0.1, -0.05) is 30.1 Å². The second-order valence-electron chi connectivity index (χ2n) is 3.22. The maximum atomic E-state index is 11.7. The van der Waals surface area contributed by atoms with Gasteiger partial charge in [-0.15, -0.1) is 0 Å². The highest BCUT2D eigenvalue weighted by atomic mass is 35.5. The van der Waals surface area contributed by atoms with Gasteiger partial charge in [0.25, 0.3) is 0 Å². The van der Waals surface area contributed by atoms with Crippen LogP contribution < -0.4 is 5.32 Å². The lowest BCUT2D eigenvalue weighted by molar-refractivity contribution is 0.0991. The number of hydrogen-bond acceptors (Lipinski definition) is 2. The van der Waals surface area contributed by atoms with E-state index in [1.54, 1.807) is 18.2 Å². The van der Waals surface area contributed by atoms with Crippen LogP contribution in [-0.4, -0.2) is 18.9 Å². The summed E-state index contributed by atoms with van der Waals surface area (Å²) < 4.78 is 0. The molecule has 0 spiro atoms. The zero-order chi connectivity index (χ0) is 11.3. The summed E-state index contributed by atoms with van der Waals surface area (Å²) in [6.45, 7) is 3.17. The summed E-state index contributed by atoms with van der Waals surface area (Å²) in [7, 11) is 0. The molecule has 0 atom stereocenters. The van der Waals surface area contributed by atoms with Gasteiger partial charge in [0.05, 0.1) is 11.6 Å². The van der Waals surface area contributed by atoms with E-state index in [4.69, 9.17) is 23.2 Å². The van der Waals surface area contributed by atoms with Crippen LogP contribution in [0.25, 0.3) is 0 Å². The average Bonchev–Trinajstić information content (AvgIpc) is 2.22. The highest BCUT2D eigenvalue weighted by Gasteiger charge is 2.09. The molecular formula is C11H13Cl2NO. The molecule has 82 valence electrons. The molecule has 0 bridgehead atoms. The number of halogens is 2. The maximum Gasteiger partial charge on any atom is 0.178 e. The van der Waals surface area contributed by atoms with E-state index in [-0.39, 0.29) is 5.78 Å². The maximum absolute atomic E-state index is 11.7. The molecule has 0 saturated heterocycles. The molecule has 1 N–H and O–H groups in total. The number of carbonyl (C=O) groups excluding carboxylic acids is 1. The summed E-state index contributed by atoms with van der Waals surface area (Å²) in [6, 6.07) is 4.90. The third kappa shape index (κ3) is 3.82. The van der Waals surface area contributed by atoms with E-state index in [1.807, 2.05) is 6.92 Å². The monoisotopic (exact) mass is 245 g/mol. The molecule has 0 fully saturated rings. The van der Waals surface area contributed by atoms with Gasteiger partial charge in [0.15, 0.2) is 5.78 Å². The molecule has 0 amide bonds. The van der Waals surface area contributed by atoms with Gasteiger partial charge >= 0.3 is 0 Å². The molecule has 1 aromatic rings. The van der Waals surface area contributed by atoms with Crippen molar-refractivity contribution in [1.82, 2.24) is 5.32 Å². The third-order valence-corrected chi connectivity index (χ3v) is 2.51. The molecule has 0 aliphatic rings. The lowest BCUT2D eigenvalue weighted by Crippen LogP contribution is -2.23. The number of rotatable bonds is 5. The van der Waals surface area contributed by atoms with E-state index in [0.717, 1.165) is 13.0 Å². The number of hydrogen-bond donors (Lipinski definition) is 1. The van der Waals surface area contributed by atoms with E-state index in [9.17, 15) is 4.79 Å². The summed E-state index contributed by atoms with van der Waals surface area (Å²) in [5.41, 5.74) is 0.479. The Kier molecular flexibility index (Phi) is 5.09. The predicted octanol–water partition coefficient (Wildman–Crippen LogP) is 3.18. The second kappa shape index (κ2) is 6.11.